The van der Waals surface area contributed by atoms with E-state index < -0.39 is 27.5 Å². The van der Waals surface area contributed by atoms with Crippen molar-refractivity contribution in [1.29, 1.82) is 0 Å². The number of anilines is 1. The highest BCUT2D eigenvalue weighted by Crippen LogP contribution is 2.36. The van der Waals surface area contributed by atoms with Crippen molar-refractivity contribution in [2.75, 3.05) is 16.7 Å². The van der Waals surface area contributed by atoms with E-state index in [0.717, 1.165) is 4.31 Å². The molecule has 6 nitrogen and oxygen atoms in total. The SMILES string of the molecule is CCOC(=O)C1=C(O)CS(=O)(=O)N(Cc2ccc(Cl)c(Cl)c2)c2ccccc21. The van der Waals surface area contributed by atoms with Crippen molar-refractivity contribution >= 4 is 50.5 Å². The van der Waals surface area contributed by atoms with Gasteiger partial charge in [-0.3, -0.25) is 4.31 Å². The van der Waals surface area contributed by atoms with Crippen molar-refractivity contribution in [1.82, 2.24) is 0 Å². The highest BCUT2D eigenvalue weighted by molar-refractivity contribution is 7.93. The van der Waals surface area contributed by atoms with Crippen LogP contribution in [0.15, 0.2) is 48.2 Å². The summed E-state index contributed by atoms with van der Waals surface area (Å²) in [5, 5.41) is 11.1. The van der Waals surface area contributed by atoms with Crippen LogP contribution in [0.3, 0.4) is 0 Å². The van der Waals surface area contributed by atoms with Crippen molar-refractivity contribution in [2.45, 2.75) is 13.5 Å². The van der Waals surface area contributed by atoms with E-state index in [1.54, 1.807) is 49.4 Å². The van der Waals surface area contributed by atoms with E-state index in [1.807, 2.05) is 0 Å². The number of ether oxygens (including phenoxy) is 1. The number of carbonyl (C=O) groups excluding carboxylic acids is 1. The second-order valence-corrected chi connectivity index (χ2v) is 8.78. The molecule has 0 unspecified atom stereocenters. The molecule has 1 aliphatic rings. The molecule has 9 heteroatoms. The zero-order chi connectivity index (χ0) is 20.5. The lowest BCUT2D eigenvalue weighted by atomic mass is 10.0. The zero-order valence-electron chi connectivity index (χ0n) is 14.9. The van der Waals surface area contributed by atoms with Crippen LogP contribution in [0.1, 0.15) is 18.1 Å². The molecule has 0 fully saturated rings. The van der Waals surface area contributed by atoms with Gasteiger partial charge in [-0.25, -0.2) is 13.2 Å². The van der Waals surface area contributed by atoms with Crippen LogP contribution in [-0.4, -0.2) is 31.9 Å². The van der Waals surface area contributed by atoms with Gasteiger partial charge in [-0.05, 0) is 30.7 Å². The number of esters is 1. The minimum atomic E-state index is -3.98. The maximum absolute atomic E-state index is 13.0. The van der Waals surface area contributed by atoms with Gasteiger partial charge in [0.05, 0.1) is 28.9 Å². The number of hydrogen-bond donors (Lipinski definition) is 1. The molecule has 0 atom stereocenters. The van der Waals surface area contributed by atoms with Crippen LogP contribution in [0.25, 0.3) is 5.57 Å². The van der Waals surface area contributed by atoms with Gasteiger partial charge in [0.25, 0.3) is 0 Å². The summed E-state index contributed by atoms with van der Waals surface area (Å²) in [5.74, 6) is -2.06. The monoisotopic (exact) mass is 441 g/mol. The van der Waals surface area contributed by atoms with Gasteiger partial charge in [0.1, 0.15) is 17.1 Å². The highest BCUT2D eigenvalue weighted by atomic mass is 35.5. The number of aliphatic hydroxyl groups excluding tert-OH is 1. The number of aliphatic hydroxyl groups is 1. The Morgan fingerprint density at radius 1 is 1.18 bits per heavy atom. The Hall–Kier alpha value is -2.22. The van der Waals surface area contributed by atoms with Crippen molar-refractivity contribution < 1.29 is 23.1 Å². The first kappa shape index (κ1) is 20.5. The normalized spacial score (nSPS) is 15.8. The number of nitrogens with zero attached hydrogens (tertiary/aromatic N) is 1. The molecule has 3 rings (SSSR count). The average molecular weight is 442 g/mol. The van der Waals surface area contributed by atoms with Gasteiger partial charge in [-0.1, -0.05) is 47.5 Å². The van der Waals surface area contributed by atoms with E-state index in [9.17, 15) is 18.3 Å². The standard InChI is InChI=1S/C19H17Cl2NO5S/c1-2-27-19(24)18-13-5-3-4-6-16(13)22(28(25,26)11-17(18)23)10-12-7-8-14(20)15(21)9-12/h3-9,23H,2,10-11H2,1H3. The molecule has 0 aromatic heterocycles. The highest BCUT2D eigenvalue weighted by Gasteiger charge is 2.35. The largest absolute Gasteiger partial charge is 0.510 e. The van der Waals surface area contributed by atoms with Crippen LogP contribution >= 0.6 is 23.2 Å². The Morgan fingerprint density at radius 2 is 1.89 bits per heavy atom. The third kappa shape index (κ3) is 3.97. The summed E-state index contributed by atoms with van der Waals surface area (Å²) in [7, 11) is -3.98. The predicted molar refractivity (Wildman–Crippen MR) is 109 cm³/mol. The molecule has 1 aliphatic heterocycles. The summed E-state index contributed by atoms with van der Waals surface area (Å²) in [5.41, 5.74) is 0.991. The number of halogens is 2. The molecule has 0 saturated carbocycles. The van der Waals surface area contributed by atoms with Crippen molar-refractivity contribution in [3.05, 3.63) is 69.4 Å². The fourth-order valence-corrected chi connectivity index (χ4v) is 4.72. The minimum Gasteiger partial charge on any atom is -0.510 e. The topological polar surface area (TPSA) is 83.9 Å². The Labute approximate surface area is 173 Å². The van der Waals surface area contributed by atoms with Crippen LogP contribution in [0.4, 0.5) is 5.69 Å². The van der Waals surface area contributed by atoms with Crippen LogP contribution < -0.4 is 4.31 Å². The number of fused-ring (bicyclic) bond motifs is 1. The fourth-order valence-electron chi connectivity index (χ4n) is 2.95. The number of para-hydroxylation sites is 1. The van der Waals surface area contributed by atoms with Gasteiger partial charge in [-0.2, -0.15) is 0 Å². The minimum absolute atomic E-state index is 0.0420. The van der Waals surface area contributed by atoms with E-state index in [4.69, 9.17) is 27.9 Å². The molecule has 0 bridgehead atoms. The third-order valence-corrected chi connectivity index (χ3v) is 6.55. The van der Waals surface area contributed by atoms with E-state index in [2.05, 4.69) is 0 Å². The zero-order valence-corrected chi connectivity index (χ0v) is 17.2. The smallest absolute Gasteiger partial charge is 0.342 e. The van der Waals surface area contributed by atoms with E-state index in [0.29, 0.717) is 15.6 Å². The van der Waals surface area contributed by atoms with Gasteiger partial charge in [-0.15, -0.1) is 0 Å². The number of benzene rings is 2. The second kappa shape index (κ2) is 8.03. The molecule has 0 saturated heterocycles. The van der Waals surface area contributed by atoms with Crippen molar-refractivity contribution in [3.63, 3.8) is 0 Å². The lowest BCUT2D eigenvalue weighted by Gasteiger charge is -2.24. The summed E-state index contributed by atoms with van der Waals surface area (Å²) < 4.78 is 32.1. The Balaban J connectivity index is 2.14. The maximum Gasteiger partial charge on any atom is 0.342 e. The molecule has 0 spiro atoms. The Bertz CT molecular complexity index is 1070. The van der Waals surface area contributed by atoms with Crippen molar-refractivity contribution in [3.8, 4) is 0 Å². The van der Waals surface area contributed by atoms with Crippen LogP contribution in [0, 0.1) is 0 Å². The number of rotatable bonds is 4. The Kier molecular flexibility index (Phi) is 5.88. The molecular formula is C19H17Cl2NO5S. The van der Waals surface area contributed by atoms with Gasteiger partial charge in [0, 0.05) is 5.56 Å². The molecule has 1 N–H and O–H groups in total. The summed E-state index contributed by atoms with van der Waals surface area (Å²) in [6.45, 7) is 1.68. The van der Waals surface area contributed by atoms with Crippen molar-refractivity contribution in [2.24, 2.45) is 0 Å². The Morgan fingerprint density at radius 3 is 2.57 bits per heavy atom. The quantitative estimate of drug-likeness (QED) is 0.719. The molecule has 2 aromatic carbocycles. The first-order chi connectivity index (χ1) is 13.2. The predicted octanol–water partition coefficient (Wildman–Crippen LogP) is 4.18. The van der Waals surface area contributed by atoms with Gasteiger partial charge >= 0.3 is 5.97 Å². The number of sulfonamides is 1. The molecule has 148 valence electrons. The fraction of sp³-hybridized carbons (Fsp3) is 0.211. The third-order valence-electron chi connectivity index (χ3n) is 4.18. The number of hydrogen-bond acceptors (Lipinski definition) is 5. The molecular weight excluding hydrogens is 425 g/mol. The van der Waals surface area contributed by atoms with E-state index in [1.165, 1.54) is 0 Å². The second-order valence-electron chi connectivity index (χ2n) is 6.07. The molecule has 0 amide bonds. The van der Waals surface area contributed by atoms with Gasteiger partial charge < -0.3 is 9.84 Å². The maximum atomic E-state index is 13.0. The summed E-state index contributed by atoms with van der Waals surface area (Å²) in [6.07, 6.45) is 0. The van der Waals surface area contributed by atoms with Crippen LogP contribution in [0.2, 0.25) is 10.0 Å². The van der Waals surface area contributed by atoms with Gasteiger partial charge in [0.15, 0.2) is 0 Å². The molecule has 0 aliphatic carbocycles. The van der Waals surface area contributed by atoms with E-state index >= 15 is 0 Å². The first-order valence-corrected chi connectivity index (χ1v) is 10.7. The summed E-state index contributed by atoms with van der Waals surface area (Å²) in [6, 6.07) is 11.3. The summed E-state index contributed by atoms with van der Waals surface area (Å²) in [4.78, 5) is 12.4. The average Bonchev–Trinajstić information content (AvgIpc) is 2.70. The lowest BCUT2D eigenvalue weighted by Crippen LogP contribution is -2.32. The summed E-state index contributed by atoms with van der Waals surface area (Å²) >= 11 is 12.0. The van der Waals surface area contributed by atoms with E-state index in [-0.39, 0.29) is 30.0 Å². The molecule has 28 heavy (non-hydrogen) atoms. The number of carbonyl (C=O) groups is 1. The molecule has 0 radical (unpaired) electrons. The van der Waals surface area contributed by atoms with Crippen LogP contribution in [0.5, 0.6) is 0 Å². The molecule has 1 heterocycles. The van der Waals surface area contributed by atoms with Gasteiger partial charge in [0.2, 0.25) is 10.0 Å². The first-order valence-electron chi connectivity index (χ1n) is 8.37. The van der Waals surface area contributed by atoms with Crippen LogP contribution in [-0.2, 0) is 26.1 Å². The molecule has 2 aromatic rings. The lowest BCUT2D eigenvalue weighted by molar-refractivity contribution is -0.136.